The van der Waals surface area contributed by atoms with Gasteiger partial charge in [0.05, 0.1) is 5.69 Å². The quantitative estimate of drug-likeness (QED) is 0.352. The smallest absolute Gasteiger partial charge is 0.0783 e. The van der Waals surface area contributed by atoms with Gasteiger partial charge in [0.25, 0.3) is 0 Å². The second-order valence-corrected chi connectivity index (χ2v) is 11.2. The van der Waals surface area contributed by atoms with E-state index in [9.17, 15) is 0 Å². The number of hydrogen-bond donors (Lipinski definition) is 0. The highest BCUT2D eigenvalue weighted by Gasteiger charge is 2.37. The fraction of sp³-hybridized carbons (Fsp3) is 0.500. The van der Waals surface area contributed by atoms with E-state index in [0.29, 0.717) is 5.92 Å². The van der Waals surface area contributed by atoms with Gasteiger partial charge < -0.3 is 0 Å². The van der Waals surface area contributed by atoms with Crippen molar-refractivity contribution in [1.29, 1.82) is 0 Å². The molecule has 172 valence electrons. The van der Waals surface area contributed by atoms with Crippen LogP contribution in [0, 0.1) is 0 Å². The first-order chi connectivity index (χ1) is 15.2. The molecule has 0 unspecified atom stereocenters. The van der Waals surface area contributed by atoms with Gasteiger partial charge in [0, 0.05) is 21.6 Å². The van der Waals surface area contributed by atoms with E-state index in [2.05, 4.69) is 93.9 Å². The highest BCUT2D eigenvalue weighted by molar-refractivity contribution is 9.10. The van der Waals surface area contributed by atoms with Crippen molar-refractivity contribution in [3.05, 3.63) is 63.8 Å². The van der Waals surface area contributed by atoms with Crippen LogP contribution in [0.1, 0.15) is 104 Å². The van der Waals surface area contributed by atoms with Crippen LogP contribution in [0.15, 0.2) is 47.1 Å². The number of rotatable bonds is 4. The molecule has 2 heteroatoms. The molecule has 0 saturated carbocycles. The highest BCUT2D eigenvalue weighted by atomic mass is 79.9. The van der Waals surface area contributed by atoms with Crippen LogP contribution in [-0.2, 0) is 10.8 Å². The molecule has 0 bridgehead atoms. The van der Waals surface area contributed by atoms with Crippen LogP contribution in [0.25, 0.3) is 22.0 Å². The summed E-state index contributed by atoms with van der Waals surface area (Å²) in [7, 11) is 0. The van der Waals surface area contributed by atoms with Crippen LogP contribution < -0.4 is 0 Å². The number of benzene rings is 2. The Morgan fingerprint density at radius 3 is 2.06 bits per heavy atom. The summed E-state index contributed by atoms with van der Waals surface area (Å²) in [4.78, 5) is 4.94. The van der Waals surface area contributed by atoms with Gasteiger partial charge in [-0.3, -0.25) is 4.98 Å². The minimum Gasteiger partial charge on any atom is -0.256 e. The molecular weight excluding hydrogens is 454 g/mol. The van der Waals surface area contributed by atoms with E-state index in [1.165, 1.54) is 45.9 Å². The molecule has 1 aromatic heterocycles. The molecule has 0 atom stereocenters. The Balaban J connectivity index is 0.00000141. The molecule has 4 rings (SSSR count). The Bertz CT molecular complexity index is 1090. The molecule has 0 saturated heterocycles. The van der Waals surface area contributed by atoms with Gasteiger partial charge in [-0.05, 0) is 88.8 Å². The fourth-order valence-electron chi connectivity index (χ4n) is 5.27. The summed E-state index contributed by atoms with van der Waals surface area (Å²) in [6, 6.07) is 13.8. The Kier molecular flexibility index (Phi) is 7.55. The number of aromatic nitrogens is 1. The molecule has 1 aliphatic carbocycles. The van der Waals surface area contributed by atoms with Crippen LogP contribution in [-0.4, -0.2) is 4.98 Å². The maximum absolute atomic E-state index is 4.94. The third-order valence-electron chi connectivity index (χ3n) is 7.43. The normalized spacial score (nSPS) is 16.4. The highest BCUT2D eigenvalue weighted by Crippen LogP contribution is 2.48. The largest absolute Gasteiger partial charge is 0.256 e. The van der Waals surface area contributed by atoms with Crippen LogP contribution in [0.2, 0.25) is 0 Å². The third-order valence-corrected chi connectivity index (χ3v) is 7.92. The standard InChI is InChI=1S/C28H34BrN.C2H6/c1-7-18(8-2)21-10-9-20(29)16-23(21)26-22-17-25-24(15-19(22)11-14-30-26)27(3,4)12-13-28(25,5)6;1-2/h9-11,14-18H,7-8,12-13H2,1-6H3;1-2H3. The van der Waals surface area contributed by atoms with Gasteiger partial charge in [-0.2, -0.15) is 0 Å². The fourth-order valence-corrected chi connectivity index (χ4v) is 5.63. The number of nitrogens with zero attached hydrogens (tertiary/aromatic N) is 1. The average molecular weight is 495 g/mol. The Hall–Kier alpha value is -1.67. The Labute approximate surface area is 204 Å². The lowest BCUT2D eigenvalue weighted by Gasteiger charge is -2.42. The molecule has 0 spiro atoms. The van der Waals surface area contributed by atoms with Gasteiger partial charge >= 0.3 is 0 Å². The molecule has 1 aliphatic rings. The molecule has 1 nitrogen and oxygen atoms in total. The zero-order valence-corrected chi connectivity index (χ0v) is 22.9. The number of pyridine rings is 1. The van der Waals surface area contributed by atoms with Crippen molar-refractivity contribution < 1.29 is 0 Å². The number of halogens is 1. The monoisotopic (exact) mass is 493 g/mol. The van der Waals surface area contributed by atoms with E-state index in [0.717, 1.165) is 23.0 Å². The van der Waals surface area contributed by atoms with E-state index >= 15 is 0 Å². The number of hydrogen-bond acceptors (Lipinski definition) is 1. The summed E-state index contributed by atoms with van der Waals surface area (Å²) in [6.07, 6.45) is 6.74. The molecular formula is C30H40BrN. The van der Waals surface area contributed by atoms with Crippen molar-refractivity contribution in [2.45, 2.75) is 97.8 Å². The van der Waals surface area contributed by atoms with Crippen molar-refractivity contribution in [2.24, 2.45) is 0 Å². The molecule has 3 aromatic rings. The van der Waals surface area contributed by atoms with Crippen molar-refractivity contribution >= 4 is 26.7 Å². The summed E-state index contributed by atoms with van der Waals surface area (Å²) < 4.78 is 1.12. The topological polar surface area (TPSA) is 12.9 Å². The van der Waals surface area contributed by atoms with Gasteiger partial charge in [-0.1, -0.05) is 83.5 Å². The lowest BCUT2D eigenvalue weighted by atomic mass is 9.62. The van der Waals surface area contributed by atoms with Crippen LogP contribution in [0.5, 0.6) is 0 Å². The number of fused-ring (bicyclic) bond motifs is 2. The molecule has 0 N–H and O–H groups in total. The molecule has 32 heavy (non-hydrogen) atoms. The second-order valence-electron chi connectivity index (χ2n) is 10.3. The summed E-state index contributed by atoms with van der Waals surface area (Å²) in [5, 5.41) is 2.59. The first-order valence-electron chi connectivity index (χ1n) is 12.4. The van der Waals surface area contributed by atoms with Gasteiger partial charge in [0.15, 0.2) is 0 Å². The maximum atomic E-state index is 4.94. The Morgan fingerprint density at radius 1 is 0.875 bits per heavy atom. The molecule has 0 fully saturated rings. The van der Waals surface area contributed by atoms with Crippen molar-refractivity contribution in [1.82, 2.24) is 4.98 Å². The summed E-state index contributed by atoms with van der Waals surface area (Å²) in [5.74, 6) is 0.554. The van der Waals surface area contributed by atoms with Crippen molar-refractivity contribution in [3.63, 3.8) is 0 Å². The van der Waals surface area contributed by atoms with E-state index in [1.807, 2.05) is 20.0 Å². The second kappa shape index (κ2) is 9.67. The predicted octanol–water partition coefficient (Wildman–Crippen LogP) is 9.94. The third kappa shape index (κ3) is 4.53. The van der Waals surface area contributed by atoms with Gasteiger partial charge in [0.2, 0.25) is 0 Å². The SMILES string of the molecule is CC.CCC(CC)c1ccc(Br)cc1-c1nccc2cc3c(cc12)C(C)(C)CCC3(C)C. The van der Waals surface area contributed by atoms with Gasteiger partial charge in [-0.25, -0.2) is 0 Å². The van der Waals surface area contributed by atoms with E-state index in [4.69, 9.17) is 4.98 Å². The van der Waals surface area contributed by atoms with Crippen LogP contribution in [0.3, 0.4) is 0 Å². The minimum atomic E-state index is 0.196. The first-order valence-corrected chi connectivity index (χ1v) is 13.2. The van der Waals surface area contributed by atoms with Crippen molar-refractivity contribution in [2.75, 3.05) is 0 Å². The maximum Gasteiger partial charge on any atom is 0.0783 e. The summed E-state index contributed by atoms with van der Waals surface area (Å²) in [5.41, 5.74) is 7.24. The lowest BCUT2D eigenvalue weighted by molar-refractivity contribution is 0.332. The van der Waals surface area contributed by atoms with Crippen LogP contribution in [0.4, 0.5) is 0 Å². The van der Waals surface area contributed by atoms with E-state index < -0.39 is 0 Å². The van der Waals surface area contributed by atoms with Gasteiger partial charge in [0.1, 0.15) is 0 Å². The molecule has 0 amide bonds. The van der Waals surface area contributed by atoms with Gasteiger partial charge in [-0.15, -0.1) is 0 Å². The Morgan fingerprint density at radius 2 is 1.47 bits per heavy atom. The average Bonchev–Trinajstić information content (AvgIpc) is 2.79. The first kappa shape index (κ1) is 25.0. The van der Waals surface area contributed by atoms with Crippen molar-refractivity contribution in [3.8, 4) is 11.3 Å². The lowest BCUT2D eigenvalue weighted by Crippen LogP contribution is -2.33. The molecule has 0 radical (unpaired) electrons. The molecule has 2 aromatic carbocycles. The zero-order valence-electron chi connectivity index (χ0n) is 21.3. The zero-order chi connectivity index (χ0) is 23.7. The predicted molar refractivity (Wildman–Crippen MR) is 145 cm³/mol. The summed E-state index contributed by atoms with van der Waals surface area (Å²) >= 11 is 3.72. The summed E-state index contributed by atoms with van der Waals surface area (Å²) in [6.45, 7) is 18.2. The minimum absolute atomic E-state index is 0.196. The molecule has 1 heterocycles. The van der Waals surface area contributed by atoms with E-state index in [1.54, 1.807) is 0 Å². The van der Waals surface area contributed by atoms with E-state index in [-0.39, 0.29) is 10.8 Å². The van der Waals surface area contributed by atoms with Crippen LogP contribution >= 0.6 is 15.9 Å². The molecule has 0 aliphatic heterocycles.